The molecule has 0 spiro atoms. The van der Waals surface area contributed by atoms with Gasteiger partial charge in [-0.25, -0.2) is 8.42 Å². The molecule has 0 aliphatic rings. The normalized spacial score (nSPS) is 12.4. The van der Waals surface area contributed by atoms with Crippen molar-refractivity contribution >= 4 is 50.7 Å². The monoisotopic (exact) mass is 693 g/mol. The Morgan fingerprint density at radius 3 is 1.94 bits per heavy atom. The summed E-state index contributed by atoms with van der Waals surface area (Å²) < 4.78 is 29.5. The molecule has 0 bridgehead atoms. The van der Waals surface area contributed by atoms with Crippen LogP contribution in [0.1, 0.15) is 57.2 Å². The largest absolute Gasteiger partial charge is 0.350 e. The molecule has 1 atom stereocenters. The van der Waals surface area contributed by atoms with E-state index in [9.17, 15) is 18.0 Å². The summed E-state index contributed by atoms with van der Waals surface area (Å²) >= 11 is 12.6. The molecule has 0 saturated heterocycles. The van der Waals surface area contributed by atoms with E-state index in [1.54, 1.807) is 48.5 Å². The molecule has 0 unspecified atom stereocenters. The van der Waals surface area contributed by atoms with Gasteiger partial charge in [0, 0.05) is 18.5 Å². The van der Waals surface area contributed by atoms with E-state index < -0.39 is 34.1 Å². The van der Waals surface area contributed by atoms with Crippen LogP contribution in [0.3, 0.4) is 0 Å². The molecular formula is C37H41Cl2N3O4S. The van der Waals surface area contributed by atoms with Crippen LogP contribution in [-0.2, 0) is 32.6 Å². The molecule has 47 heavy (non-hydrogen) atoms. The van der Waals surface area contributed by atoms with Crippen molar-refractivity contribution in [2.75, 3.05) is 10.8 Å². The summed E-state index contributed by atoms with van der Waals surface area (Å²) in [5, 5.41) is 3.68. The van der Waals surface area contributed by atoms with E-state index in [2.05, 4.69) is 5.32 Å². The van der Waals surface area contributed by atoms with Crippen molar-refractivity contribution < 1.29 is 18.0 Å². The molecule has 0 fully saturated rings. The predicted molar refractivity (Wildman–Crippen MR) is 190 cm³/mol. The Kier molecular flexibility index (Phi) is 11.8. The number of halogens is 2. The first-order valence-electron chi connectivity index (χ1n) is 15.4. The summed E-state index contributed by atoms with van der Waals surface area (Å²) in [6.07, 6.45) is 0.199. The zero-order valence-electron chi connectivity index (χ0n) is 27.3. The van der Waals surface area contributed by atoms with Crippen molar-refractivity contribution in [1.82, 2.24) is 10.2 Å². The Labute approximate surface area is 288 Å². The Bertz CT molecular complexity index is 1780. The molecule has 4 rings (SSSR count). The number of amides is 2. The van der Waals surface area contributed by atoms with Gasteiger partial charge in [0.1, 0.15) is 12.6 Å². The van der Waals surface area contributed by atoms with Crippen molar-refractivity contribution in [1.29, 1.82) is 0 Å². The number of sulfonamides is 1. The van der Waals surface area contributed by atoms with Crippen LogP contribution in [0.25, 0.3) is 0 Å². The number of hydrogen-bond donors (Lipinski definition) is 1. The van der Waals surface area contributed by atoms with Crippen LogP contribution in [0.5, 0.6) is 0 Å². The fraction of sp³-hybridized carbons (Fsp3) is 0.297. The summed E-state index contributed by atoms with van der Waals surface area (Å²) in [6, 6.07) is 28.6. The minimum atomic E-state index is -4.19. The van der Waals surface area contributed by atoms with Gasteiger partial charge in [-0.3, -0.25) is 13.9 Å². The summed E-state index contributed by atoms with van der Waals surface area (Å²) in [4.78, 5) is 30.1. The number of benzene rings is 4. The maximum absolute atomic E-state index is 14.6. The molecule has 0 aromatic heterocycles. The van der Waals surface area contributed by atoms with Gasteiger partial charge in [-0.2, -0.15) is 0 Å². The summed E-state index contributed by atoms with van der Waals surface area (Å²) in [7, 11) is -4.19. The van der Waals surface area contributed by atoms with Crippen LogP contribution in [0.15, 0.2) is 108 Å². The first-order valence-corrected chi connectivity index (χ1v) is 17.6. The van der Waals surface area contributed by atoms with Crippen LogP contribution in [-0.4, -0.2) is 43.3 Å². The highest BCUT2D eigenvalue weighted by Crippen LogP contribution is 2.28. The van der Waals surface area contributed by atoms with Gasteiger partial charge in [-0.15, -0.1) is 0 Å². The maximum atomic E-state index is 14.6. The summed E-state index contributed by atoms with van der Waals surface area (Å²) in [6.45, 7) is 9.13. The van der Waals surface area contributed by atoms with Crippen LogP contribution < -0.4 is 9.62 Å². The van der Waals surface area contributed by atoms with E-state index >= 15 is 0 Å². The number of hydrogen-bond acceptors (Lipinski definition) is 4. The quantitative estimate of drug-likeness (QED) is 0.164. The number of carbonyl (C=O) groups is 2. The van der Waals surface area contributed by atoms with Gasteiger partial charge in [0.15, 0.2) is 0 Å². The van der Waals surface area contributed by atoms with Gasteiger partial charge in [-0.1, -0.05) is 104 Å². The predicted octanol–water partition coefficient (Wildman–Crippen LogP) is 7.87. The standard InChI is InChI=1S/C37H41Cl2N3O4S/c1-26(2)29-17-19-30(20-18-29)42(47(45,46)31-14-10-7-11-15-31)25-35(43)41(24-28-16-21-32(38)33(39)22-28)34(36(44)40-37(3,4)5)23-27-12-8-6-9-13-27/h6-22,26,34H,23-25H2,1-5H3,(H,40,44)/t34-/m1/s1. The molecule has 0 radical (unpaired) electrons. The molecule has 4 aromatic carbocycles. The van der Waals surface area contributed by atoms with Gasteiger partial charge in [0.25, 0.3) is 10.0 Å². The van der Waals surface area contributed by atoms with Crippen molar-refractivity contribution in [3.8, 4) is 0 Å². The van der Waals surface area contributed by atoms with Crippen LogP contribution in [0.4, 0.5) is 5.69 Å². The van der Waals surface area contributed by atoms with E-state index in [1.165, 1.54) is 17.0 Å². The third kappa shape index (κ3) is 9.60. The molecule has 10 heteroatoms. The number of rotatable bonds is 12. The zero-order chi connectivity index (χ0) is 34.4. The number of anilines is 1. The van der Waals surface area contributed by atoms with Crippen molar-refractivity contribution in [2.45, 2.75) is 70.0 Å². The smallest absolute Gasteiger partial charge is 0.264 e. The highest BCUT2D eigenvalue weighted by molar-refractivity contribution is 7.92. The van der Waals surface area contributed by atoms with Crippen LogP contribution >= 0.6 is 23.2 Å². The number of nitrogens with zero attached hydrogens (tertiary/aromatic N) is 2. The molecule has 2 amide bonds. The second-order valence-electron chi connectivity index (χ2n) is 12.8. The lowest BCUT2D eigenvalue weighted by Crippen LogP contribution is -2.56. The maximum Gasteiger partial charge on any atom is 0.264 e. The fourth-order valence-electron chi connectivity index (χ4n) is 5.12. The molecule has 0 saturated carbocycles. The lowest BCUT2D eigenvalue weighted by molar-refractivity contribution is -0.140. The lowest BCUT2D eigenvalue weighted by atomic mass is 10.0. The van der Waals surface area contributed by atoms with Crippen LogP contribution in [0.2, 0.25) is 10.0 Å². The molecular weight excluding hydrogens is 653 g/mol. The topological polar surface area (TPSA) is 86.8 Å². The second-order valence-corrected chi connectivity index (χ2v) is 15.5. The molecule has 1 N–H and O–H groups in total. The van der Waals surface area contributed by atoms with Crippen LogP contribution in [0, 0.1) is 0 Å². The van der Waals surface area contributed by atoms with Crippen molar-refractivity contribution in [3.63, 3.8) is 0 Å². The Balaban J connectivity index is 1.83. The van der Waals surface area contributed by atoms with Crippen molar-refractivity contribution in [3.05, 3.63) is 130 Å². The Morgan fingerprint density at radius 2 is 1.38 bits per heavy atom. The zero-order valence-corrected chi connectivity index (χ0v) is 29.6. The lowest BCUT2D eigenvalue weighted by Gasteiger charge is -2.35. The Morgan fingerprint density at radius 1 is 0.787 bits per heavy atom. The first kappa shape index (κ1) is 36.0. The van der Waals surface area contributed by atoms with E-state index in [4.69, 9.17) is 23.2 Å². The highest BCUT2D eigenvalue weighted by atomic mass is 35.5. The van der Waals surface area contributed by atoms with E-state index in [0.717, 1.165) is 15.4 Å². The molecule has 0 aliphatic carbocycles. The minimum Gasteiger partial charge on any atom is -0.350 e. The van der Waals surface area contributed by atoms with Crippen molar-refractivity contribution in [2.24, 2.45) is 0 Å². The SMILES string of the molecule is CC(C)c1ccc(N(CC(=O)N(Cc2ccc(Cl)c(Cl)c2)[C@H](Cc2ccccc2)C(=O)NC(C)(C)C)S(=O)(=O)c2ccccc2)cc1. The highest BCUT2D eigenvalue weighted by Gasteiger charge is 2.35. The van der Waals surface area contributed by atoms with Gasteiger partial charge in [0.2, 0.25) is 11.8 Å². The summed E-state index contributed by atoms with van der Waals surface area (Å²) in [5.74, 6) is -0.700. The molecule has 0 heterocycles. The Hall–Kier alpha value is -3.85. The molecule has 248 valence electrons. The first-order chi connectivity index (χ1) is 22.2. The third-order valence-electron chi connectivity index (χ3n) is 7.56. The molecule has 0 aliphatic heterocycles. The van der Waals surface area contributed by atoms with E-state index in [1.807, 2.05) is 77.1 Å². The average Bonchev–Trinajstić information content (AvgIpc) is 3.03. The second kappa shape index (κ2) is 15.4. The minimum absolute atomic E-state index is 0.0176. The van der Waals surface area contributed by atoms with E-state index in [0.29, 0.717) is 21.3 Å². The third-order valence-corrected chi connectivity index (χ3v) is 10.1. The fourth-order valence-corrected chi connectivity index (χ4v) is 6.87. The molecule has 7 nitrogen and oxygen atoms in total. The number of carbonyl (C=O) groups excluding carboxylic acids is 2. The average molecular weight is 695 g/mol. The van der Waals surface area contributed by atoms with Gasteiger partial charge >= 0.3 is 0 Å². The van der Waals surface area contributed by atoms with E-state index in [-0.39, 0.29) is 29.7 Å². The summed E-state index contributed by atoms with van der Waals surface area (Å²) in [5.41, 5.74) is 2.24. The number of nitrogens with one attached hydrogen (secondary N) is 1. The van der Waals surface area contributed by atoms with Gasteiger partial charge in [0.05, 0.1) is 20.6 Å². The van der Waals surface area contributed by atoms with Gasteiger partial charge < -0.3 is 10.2 Å². The molecule has 4 aromatic rings. The van der Waals surface area contributed by atoms with Gasteiger partial charge in [-0.05, 0) is 79.8 Å².